The fraction of sp³-hybridized carbons (Fsp3) is 0.571. The molecule has 0 atom stereocenters. The minimum absolute atomic E-state index is 0.619. The number of benzene rings is 1. The van der Waals surface area contributed by atoms with Gasteiger partial charge in [0.2, 0.25) is 5.89 Å². The lowest BCUT2D eigenvalue weighted by Crippen LogP contribution is -2.38. The average molecular weight is 404 g/mol. The number of nitrogens with one attached hydrogen (secondary N) is 2. The summed E-state index contributed by atoms with van der Waals surface area (Å²) in [5, 5.41) is 10.4. The van der Waals surface area contributed by atoms with E-state index in [1.54, 1.807) is 7.11 Å². The van der Waals surface area contributed by atoms with Crippen molar-refractivity contribution in [1.82, 2.24) is 20.8 Å². The van der Waals surface area contributed by atoms with Crippen LogP contribution in [0.4, 0.5) is 0 Å². The van der Waals surface area contributed by atoms with Gasteiger partial charge >= 0.3 is 0 Å². The molecule has 0 amide bonds. The van der Waals surface area contributed by atoms with Gasteiger partial charge in [0.15, 0.2) is 23.3 Å². The topological polar surface area (TPSA) is 93.8 Å². The number of nitrogens with zero attached hydrogens (tertiary/aromatic N) is 3. The van der Waals surface area contributed by atoms with Crippen LogP contribution in [-0.2, 0) is 12.8 Å². The van der Waals surface area contributed by atoms with Crippen molar-refractivity contribution in [3.8, 4) is 11.5 Å². The molecular weight excluding hydrogens is 370 g/mol. The van der Waals surface area contributed by atoms with E-state index >= 15 is 0 Å². The van der Waals surface area contributed by atoms with Crippen molar-refractivity contribution in [3.63, 3.8) is 0 Å². The van der Waals surface area contributed by atoms with Crippen molar-refractivity contribution < 1.29 is 14.0 Å². The van der Waals surface area contributed by atoms with Gasteiger partial charge in [0, 0.05) is 26.1 Å². The van der Waals surface area contributed by atoms with Gasteiger partial charge in [-0.3, -0.25) is 4.99 Å². The first-order valence-corrected chi connectivity index (χ1v) is 10.3. The van der Waals surface area contributed by atoms with Crippen molar-refractivity contribution in [2.75, 3.05) is 33.4 Å². The smallest absolute Gasteiger partial charge is 0.226 e. The van der Waals surface area contributed by atoms with E-state index in [9.17, 15) is 0 Å². The number of methoxy groups -OCH3 is 1. The lowest BCUT2D eigenvalue weighted by molar-refractivity contribution is 0.310. The maximum Gasteiger partial charge on any atom is 0.226 e. The fourth-order valence-electron chi connectivity index (χ4n) is 2.85. The lowest BCUT2D eigenvalue weighted by Gasteiger charge is -2.12. The van der Waals surface area contributed by atoms with E-state index in [-0.39, 0.29) is 0 Å². The van der Waals surface area contributed by atoms with Crippen molar-refractivity contribution in [2.45, 2.75) is 46.5 Å². The van der Waals surface area contributed by atoms with Crippen LogP contribution < -0.4 is 20.1 Å². The Balaban J connectivity index is 1.75. The Bertz CT molecular complexity index is 761. The normalized spacial score (nSPS) is 11.4. The summed E-state index contributed by atoms with van der Waals surface area (Å²) < 4.78 is 16.1. The van der Waals surface area contributed by atoms with E-state index in [1.165, 1.54) is 5.56 Å². The standard InChI is InChI=1S/C21H33N5O3/c1-5-22-21(24-14-8-10-20-25-16(3)26-29-20)23-13-7-9-17-11-12-18(27-4)19(15-17)28-6-2/h11-12,15H,5-10,13-14H2,1-4H3,(H2,22,23,24). The van der Waals surface area contributed by atoms with E-state index in [0.29, 0.717) is 18.3 Å². The summed E-state index contributed by atoms with van der Waals surface area (Å²) in [5.74, 6) is 3.74. The molecule has 0 unspecified atom stereocenters. The van der Waals surface area contributed by atoms with Gasteiger partial charge < -0.3 is 24.6 Å². The van der Waals surface area contributed by atoms with E-state index in [4.69, 9.17) is 14.0 Å². The van der Waals surface area contributed by atoms with Gasteiger partial charge in [0.05, 0.1) is 13.7 Å². The summed E-state index contributed by atoms with van der Waals surface area (Å²) in [6.07, 6.45) is 3.55. The second-order valence-electron chi connectivity index (χ2n) is 6.55. The van der Waals surface area contributed by atoms with Crippen LogP contribution in [0, 0.1) is 6.92 Å². The second kappa shape index (κ2) is 12.6. The van der Waals surface area contributed by atoms with Gasteiger partial charge in [0.25, 0.3) is 0 Å². The highest BCUT2D eigenvalue weighted by molar-refractivity contribution is 5.79. The van der Waals surface area contributed by atoms with Crippen molar-refractivity contribution in [1.29, 1.82) is 0 Å². The highest BCUT2D eigenvalue weighted by atomic mass is 16.5. The summed E-state index contributed by atoms with van der Waals surface area (Å²) in [7, 11) is 1.66. The predicted molar refractivity (Wildman–Crippen MR) is 114 cm³/mol. The minimum Gasteiger partial charge on any atom is -0.493 e. The Morgan fingerprint density at radius 3 is 2.69 bits per heavy atom. The van der Waals surface area contributed by atoms with Gasteiger partial charge in [-0.25, -0.2) is 0 Å². The minimum atomic E-state index is 0.619. The molecule has 1 heterocycles. The molecule has 0 radical (unpaired) electrons. The van der Waals surface area contributed by atoms with E-state index < -0.39 is 0 Å². The highest BCUT2D eigenvalue weighted by Gasteiger charge is 2.06. The van der Waals surface area contributed by atoms with Crippen LogP contribution >= 0.6 is 0 Å². The number of aliphatic imine (C=N–C) groups is 1. The third-order valence-corrected chi connectivity index (χ3v) is 4.20. The van der Waals surface area contributed by atoms with Crippen molar-refractivity contribution >= 4 is 5.96 Å². The van der Waals surface area contributed by atoms with Crippen LogP contribution in [0.15, 0.2) is 27.7 Å². The summed E-state index contributed by atoms with van der Waals surface area (Å²) >= 11 is 0. The Labute approximate surface area is 173 Å². The molecule has 29 heavy (non-hydrogen) atoms. The predicted octanol–water partition coefficient (Wildman–Crippen LogP) is 2.91. The molecular formula is C21H33N5O3. The molecule has 1 aromatic heterocycles. The Morgan fingerprint density at radius 1 is 1.14 bits per heavy atom. The number of rotatable bonds is 12. The molecule has 0 aliphatic heterocycles. The van der Waals surface area contributed by atoms with Gasteiger partial charge in [0.1, 0.15) is 0 Å². The van der Waals surface area contributed by atoms with Crippen LogP contribution in [0.3, 0.4) is 0 Å². The molecule has 2 rings (SSSR count). The summed E-state index contributed by atoms with van der Waals surface area (Å²) in [4.78, 5) is 8.87. The first-order valence-electron chi connectivity index (χ1n) is 10.3. The first-order chi connectivity index (χ1) is 14.2. The van der Waals surface area contributed by atoms with Crippen LogP contribution in [0.2, 0.25) is 0 Å². The maximum atomic E-state index is 5.65. The number of aryl methyl sites for hydroxylation is 3. The molecule has 160 valence electrons. The largest absolute Gasteiger partial charge is 0.493 e. The quantitative estimate of drug-likeness (QED) is 0.320. The molecule has 8 heteroatoms. The van der Waals surface area contributed by atoms with E-state index in [1.807, 2.05) is 19.9 Å². The van der Waals surface area contributed by atoms with E-state index in [2.05, 4.69) is 44.8 Å². The summed E-state index contributed by atoms with van der Waals surface area (Å²) in [6.45, 7) is 8.84. The third-order valence-electron chi connectivity index (χ3n) is 4.20. The molecule has 1 aromatic carbocycles. The van der Waals surface area contributed by atoms with E-state index in [0.717, 1.165) is 62.8 Å². The molecule has 0 aliphatic carbocycles. The van der Waals surface area contributed by atoms with Gasteiger partial charge in [-0.05, 0) is 57.7 Å². The van der Waals surface area contributed by atoms with Gasteiger partial charge in [-0.15, -0.1) is 0 Å². The zero-order chi connectivity index (χ0) is 20.9. The zero-order valence-electron chi connectivity index (χ0n) is 18.0. The Morgan fingerprint density at radius 2 is 2.00 bits per heavy atom. The highest BCUT2D eigenvalue weighted by Crippen LogP contribution is 2.28. The van der Waals surface area contributed by atoms with Crippen molar-refractivity contribution in [2.24, 2.45) is 4.99 Å². The SMILES string of the molecule is CCNC(=NCCCc1ccc(OC)c(OCC)c1)NCCCc1nc(C)no1. The molecule has 8 nitrogen and oxygen atoms in total. The first kappa shape index (κ1) is 22.5. The van der Waals surface area contributed by atoms with Gasteiger partial charge in [-0.2, -0.15) is 4.98 Å². The summed E-state index contributed by atoms with van der Waals surface area (Å²) in [5.41, 5.74) is 1.22. The molecule has 0 saturated carbocycles. The molecule has 0 fully saturated rings. The van der Waals surface area contributed by atoms with Crippen LogP contribution in [-0.4, -0.2) is 49.5 Å². The Hall–Kier alpha value is -2.77. The van der Waals surface area contributed by atoms with Crippen LogP contribution in [0.5, 0.6) is 11.5 Å². The molecule has 0 aliphatic rings. The van der Waals surface area contributed by atoms with Crippen molar-refractivity contribution in [3.05, 3.63) is 35.5 Å². The van der Waals surface area contributed by atoms with Gasteiger partial charge in [-0.1, -0.05) is 11.2 Å². The number of aromatic nitrogens is 2. The van der Waals surface area contributed by atoms with Crippen LogP contribution in [0.25, 0.3) is 0 Å². The average Bonchev–Trinajstić information content (AvgIpc) is 3.14. The fourth-order valence-corrected chi connectivity index (χ4v) is 2.85. The Kier molecular flexibility index (Phi) is 9.82. The summed E-state index contributed by atoms with van der Waals surface area (Å²) in [6, 6.07) is 6.09. The van der Waals surface area contributed by atoms with Crippen LogP contribution in [0.1, 0.15) is 44.0 Å². The molecule has 0 spiro atoms. The molecule has 2 N–H and O–H groups in total. The second-order valence-corrected chi connectivity index (χ2v) is 6.55. The lowest BCUT2D eigenvalue weighted by atomic mass is 10.1. The molecule has 0 bridgehead atoms. The monoisotopic (exact) mass is 403 g/mol. The zero-order valence-corrected chi connectivity index (χ0v) is 18.0. The number of ether oxygens (including phenoxy) is 2. The molecule has 0 saturated heterocycles. The number of guanidine groups is 1. The third kappa shape index (κ3) is 8.01. The molecule has 2 aromatic rings. The maximum absolute atomic E-state index is 5.65. The number of hydrogen-bond acceptors (Lipinski definition) is 6. The number of hydrogen-bond donors (Lipinski definition) is 2.